The number of allylic oxidation sites excluding steroid dienone is 1. The number of nitrogens with zero attached hydrogens (tertiary/aromatic N) is 2. The summed E-state index contributed by atoms with van der Waals surface area (Å²) in [6.45, 7) is 3.83. The van der Waals surface area contributed by atoms with E-state index in [0.717, 1.165) is 5.69 Å². The van der Waals surface area contributed by atoms with Gasteiger partial charge in [-0.1, -0.05) is 4.49 Å². The van der Waals surface area contributed by atoms with Gasteiger partial charge in [-0.2, -0.15) is 0 Å². The zero-order valence-corrected chi connectivity index (χ0v) is 13.1. The van der Waals surface area contributed by atoms with Crippen LogP contribution in [0.5, 0.6) is 0 Å². The third kappa shape index (κ3) is 2.48. The van der Waals surface area contributed by atoms with E-state index < -0.39 is 5.97 Å². The molecule has 0 fully saturated rings. The summed E-state index contributed by atoms with van der Waals surface area (Å²) in [7, 11) is 0. The van der Waals surface area contributed by atoms with E-state index in [9.17, 15) is 9.59 Å². The van der Waals surface area contributed by atoms with Gasteiger partial charge >= 0.3 is 5.97 Å². The van der Waals surface area contributed by atoms with Crippen LogP contribution in [0.3, 0.4) is 0 Å². The van der Waals surface area contributed by atoms with Gasteiger partial charge in [-0.3, -0.25) is 4.79 Å². The number of ketones is 1. The van der Waals surface area contributed by atoms with Crippen LogP contribution in [-0.2, 0) is 11.2 Å². The molecule has 1 aliphatic carbocycles. The lowest BCUT2D eigenvalue weighted by atomic mass is 9.89. The summed E-state index contributed by atoms with van der Waals surface area (Å²) in [4.78, 5) is 27.7. The van der Waals surface area contributed by atoms with Gasteiger partial charge in [0.2, 0.25) is 0 Å². The highest BCUT2D eigenvalue weighted by Gasteiger charge is 2.29. The minimum atomic E-state index is -0.420. The van der Waals surface area contributed by atoms with E-state index in [4.69, 9.17) is 4.74 Å². The summed E-state index contributed by atoms with van der Waals surface area (Å²) in [6.07, 6.45) is 3.07. The molecule has 0 radical (unpaired) electrons. The molecule has 2 heterocycles. The second-order valence-electron chi connectivity index (χ2n) is 5.03. The van der Waals surface area contributed by atoms with Crippen LogP contribution in [0.1, 0.15) is 51.1 Å². The summed E-state index contributed by atoms with van der Waals surface area (Å²) >= 11 is 1.25. The number of ether oxygens (including phenoxy) is 1. The number of hydrogen-bond acceptors (Lipinski definition) is 6. The first-order valence-electron chi connectivity index (χ1n) is 7.02. The molecule has 6 nitrogen and oxygen atoms in total. The van der Waals surface area contributed by atoms with E-state index >= 15 is 0 Å². The van der Waals surface area contributed by atoms with Crippen molar-refractivity contribution in [2.75, 3.05) is 6.61 Å². The molecule has 3 rings (SSSR count). The highest BCUT2D eigenvalue weighted by Crippen LogP contribution is 2.30. The molecule has 22 heavy (non-hydrogen) atoms. The van der Waals surface area contributed by atoms with Crippen LogP contribution in [0.4, 0.5) is 0 Å². The largest absolute Gasteiger partial charge is 0.461 e. The second-order valence-corrected chi connectivity index (χ2v) is 5.64. The highest BCUT2D eigenvalue weighted by molar-refractivity contribution is 7.03. The Morgan fingerprint density at radius 2 is 2.32 bits per heavy atom. The molecular formula is C15H15N3O3S. The third-order valence-electron chi connectivity index (χ3n) is 3.67. The Hall–Kier alpha value is -2.28. The molecule has 0 aromatic carbocycles. The molecule has 0 bridgehead atoms. The maximum Gasteiger partial charge on any atom is 0.355 e. The van der Waals surface area contributed by atoms with Crippen LogP contribution in [0.2, 0.25) is 0 Å². The molecule has 0 spiro atoms. The fourth-order valence-corrected chi connectivity index (χ4v) is 3.06. The molecule has 2 aromatic rings. The first kappa shape index (κ1) is 14.6. The molecule has 7 heteroatoms. The average Bonchev–Trinajstić information content (AvgIpc) is 3.10. The molecular weight excluding hydrogens is 302 g/mol. The number of aromatic nitrogens is 3. The van der Waals surface area contributed by atoms with Crippen molar-refractivity contribution in [1.29, 1.82) is 0 Å². The van der Waals surface area contributed by atoms with Crippen LogP contribution in [0, 0.1) is 6.92 Å². The lowest BCUT2D eigenvalue weighted by Gasteiger charge is -2.14. The first-order chi connectivity index (χ1) is 10.6. The number of Topliss-reactive ketones (excluding diaryl/α,β-unsaturated/α-hetero) is 1. The van der Waals surface area contributed by atoms with Crippen LogP contribution in [0.25, 0.3) is 6.08 Å². The van der Waals surface area contributed by atoms with E-state index in [1.165, 1.54) is 11.5 Å². The third-order valence-corrected chi connectivity index (χ3v) is 4.19. The number of hydrogen-bond donors (Lipinski definition) is 1. The molecule has 1 aliphatic rings. The number of aryl methyl sites for hydroxylation is 1. The van der Waals surface area contributed by atoms with Crippen LogP contribution in [0.15, 0.2) is 11.0 Å². The fourth-order valence-electron chi connectivity index (χ4n) is 2.65. The van der Waals surface area contributed by atoms with Crippen molar-refractivity contribution in [2.45, 2.75) is 26.7 Å². The molecule has 114 valence electrons. The summed E-state index contributed by atoms with van der Waals surface area (Å²) in [6, 6.07) is 0. The van der Waals surface area contributed by atoms with Crippen molar-refractivity contribution in [1.82, 2.24) is 14.6 Å². The quantitative estimate of drug-likeness (QED) is 0.694. The van der Waals surface area contributed by atoms with Gasteiger partial charge in [0.05, 0.1) is 12.3 Å². The zero-order chi connectivity index (χ0) is 15.7. The van der Waals surface area contributed by atoms with E-state index in [1.54, 1.807) is 25.3 Å². The second kappa shape index (κ2) is 5.84. The number of H-pyrrole nitrogens is 1. The lowest BCUT2D eigenvalue weighted by molar-refractivity contribution is 0.0519. The predicted molar refractivity (Wildman–Crippen MR) is 82.0 cm³/mol. The number of fused-ring (bicyclic) bond motifs is 1. The molecule has 0 atom stereocenters. The minimum absolute atomic E-state index is 0.0569. The number of aromatic amines is 1. The smallest absolute Gasteiger partial charge is 0.355 e. The van der Waals surface area contributed by atoms with Crippen molar-refractivity contribution >= 4 is 29.4 Å². The van der Waals surface area contributed by atoms with Crippen molar-refractivity contribution in [2.24, 2.45) is 0 Å². The Balaban J connectivity index is 1.98. The summed E-state index contributed by atoms with van der Waals surface area (Å²) in [5.74, 6) is -0.477. The Morgan fingerprint density at radius 1 is 1.50 bits per heavy atom. The minimum Gasteiger partial charge on any atom is -0.461 e. The van der Waals surface area contributed by atoms with Crippen LogP contribution in [-0.4, -0.2) is 32.9 Å². The molecule has 1 N–H and O–H groups in total. The average molecular weight is 317 g/mol. The van der Waals surface area contributed by atoms with Gasteiger partial charge in [-0.15, -0.1) is 5.10 Å². The number of esters is 1. The van der Waals surface area contributed by atoms with Crippen LogP contribution < -0.4 is 0 Å². The molecule has 0 unspecified atom stereocenters. The van der Waals surface area contributed by atoms with Crippen molar-refractivity contribution < 1.29 is 14.3 Å². The molecule has 2 aromatic heterocycles. The van der Waals surface area contributed by atoms with E-state index in [2.05, 4.69) is 14.6 Å². The Bertz CT molecular complexity index is 759. The Labute approximate surface area is 131 Å². The number of rotatable bonds is 3. The number of carbonyl (C=O) groups excluding carboxylic acids is 2. The zero-order valence-electron chi connectivity index (χ0n) is 12.3. The van der Waals surface area contributed by atoms with E-state index in [1.807, 2.05) is 0 Å². The predicted octanol–water partition coefficient (Wildman–Crippen LogP) is 2.56. The summed E-state index contributed by atoms with van der Waals surface area (Å²) < 4.78 is 8.81. The van der Waals surface area contributed by atoms with Gasteiger partial charge in [0.15, 0.2) is 5.78 Å². The molecule has 0 amide bonds. The summed E-state index contributed by atoms with van der Waals surface area (Å²) in [5.41, 5.74) is 3.80. The number of nitrogens with one attached hydrogen (secondary N) is 1. The van der Waals surface area contributed by atoms with E-state index in [-0.39, 0.29) is 5.78 Å². The first-order valence-corrected chi connectivity index (χ1v) is 7.86. The Morgan fingerprint density at radius 3 is 3.00 bits per heavy atom. The number of carbonyl (C=O) groups is 2. The van der Waals surface area contributed by atoms with Gasteiger partial charge in [0.1, 0.15) is 5.69 Å². The SMILES string of the molecule is CCOC(=O)c1[nH]c2c(c1C)C(=O)/C(=C/c1csnn1)CC2. The Kier molecular flexibility index (Phi) is 3.89. The summed E-state index contributed by atoms with van der Waals surface area (Å²) in [5, 5.41) is 5.73. The topological polar surface area (TPSA) is 84.9 Å². The standard InChI is InChI=1S/C15H15N3O3S/c1-3-21-15(20)13-8(2)12-11(16-13)5-4-9(14(12)19)6-10-7-22-18-17-10/h6-7,16H,3-5H2,1-2H3/b9-6+. The maximum absolute atomic E-state index is 12.7. The highest BCUT2D eigenvalue weighted by atomic mass is 32.1. The van der Waals surface area contributed by atoms with Gasteiger partial charge < -0.3 is 9.72 Å². The van der Waals surface area contributed by atoms with Gasteiger partial charge in [0, 0.05) is 22.2 Å². The fraction of sp³-hybridized carbons (Fsp3) is 0.333. The van der Waals surface area contributed by atoms with Gasteiger partial charge in [-0.05, 0) is 49.9 Å². The normalized spacial score (nSPS) is 15.9. The van der Waals surface area contributed by atoms with Gasteiger partial charge in [0.25, 0.3) is 0 Å². The maximum atomic E-state index is 12.7. The van der Waals surface area contributed by atoms with Crippen molar-refractivity contribution in [3.8, 4) is 0 Å². The monoisotopic (exact) mass is 317 g/mol. The lowest BCUT2D eigenvalue weighted by Crippen LogP contribution is -2.14. The van der Waals surface area contributed by atoms with Crippen molar-refractivity contribution in [3.63, 3.8) is 0 Å². The van der Waals surface area contributed by atoms with Gasteiger partial charge in [-0.25, -0.2) is 4.79 Å². The molecule has 0 aliphatic heterocycles. The molecule has 0 saturated heterocycles. The molecule has 0 saturated carbocycles. The van der Waals surface area contributed by atoms with Crippen molar-refractivity contribution in [3.05, 3.63) is 39.2 Å². The van der Waals surface area contributed by atoms with Crippen LogP contribution >= 0.6 is 11.5 Å². The van der Waals surface area contributed by atoms with E-state index in [0.29, 0.717) is 47.5 Å².